The Morgan fingerprint density at radius 2 is 2.19 bits per heavy atom. The number of aliphatic hydroxyl groups excluding tert-OH is 1. The second-order valence-electron chi connectivity index (χ2n) is 3.54. The van der Waals surface area contributed by atoms with Crippen molar-refractivity contribution in [2.24, 2.45) is 7.05 Å². The predicted octanol–water partition coefficient (Wildman–Crippen LogP) is 1.44. The Labute approximate surface area is 90.5 Å². The van der Waals surface area contributed by atoms with Gasteiger partial charge in [-0.1, -0.05) is 6.07 Å². The average molecular weight is 223 g/mol. The third kappa shape index (κ3) is 1.45. The zero-order valence-corrected chi connectivity index (χ0v) is 8.51. The highest BCUT2D eigenvalue weighted by atomic mass is 19.1. The monoisotopic (exact) mass is 223 g/mol. The molecule has 4 nitrogen and oxygen atoms in total. The van der Waals surface area contributed by atoms with Crippen molar-refractivity contribution in [3.05, 3.63) is 35.8 Å². The van der Waals surface area contributed by atoms with Crippen LogP contribution in [0.25, 0.3) is 10.9 Å². The van der Waals surface area contributed by atoms with Gasteiger partial charge >= 0.3 is 5.97 Å². The van der Waals surface area contributed by atoms with Crippen molar-refractivity contribution in [1.82, 2.24) is 4.57 Å². The molecule has 1 heterocycles. The molecule has 84 valence electrons. The minimum Gasteiger partial charge on any atom is -0.479 e. The van der Waals surface area contributed by atoms with Gasteiger partial charge in [-0.2, -0.15) is 0 Å². The highest BCUT2D eigenvalue weighted by Gasteiger charge is 2.21. The summed E-state index contributed by atoms with van der Waals surface area (Å²) in [6, 6.07) is 5.84. The van der Waals surface area contributed by atoms with E-state index in [-0.39, 0.29) is 5.69 Å². The maximum absolute atomic E-state index is 13.4. The highest BCUT2D eigenvalue weighted by Crippen LogP contribution is 2.25. The van der Waals surface area contributed by atoms with Crippen LogP contribution < -0.4 is 0 Å². The molecule has 0 aliphatic carbocycles. The van der Waals surface area contributed by atoms with E-state index in [1.54, 1.807) is 13.1 Å². The number of rotatable bonds is 2. The molecule has 0 saturated carbocycles. The molecule has 2 N–H and O–H groups in total. The van der Waals surface area contributed by atoms with Crippen LogP contribution in [0.15, 0.2) is 24.3 Å². The summed E-state index contributed by atoms with van der Waals surface area (Å²) in [6.07, 6.45) is -1.64. The SMILES string of the molecule is Cn1c(C(O)C(=O)O)cc2c(F)cccc21. The molecule has 0 amide bonds. The van der Waals surface area contributed by atoms with Gasteiger partial charge in [0.1, 0.15) is 5.82 Å². The van der Waals surface area contributed by atoms with E-state index in [0.29, 0.717) is 10.9 Å². The van der Waals surface area contributed by atoms with Crippen molar-refractivity contribution in [2.45, 2.75) is 6.10 Å². The van der Waals surface area contributed by atoms with E-state index < -0.39 is 17.9 Å². The van der Waals surface area contributed by atoms with Crippen molar-refractivity contribution in [3.8, 4) is 0 Å². The van der Waals surface area contributed by atoms with E-state index in [9.17, 15) is 14.3 Å². The zero-order valence-electron chi connectivity index (χ0n) is 8.51. The lowest BCUT2D eigenvalue weighted by molar-refractivity contribution is -0.147. The van der Waals surface area contributed by atoms with Gasteiger partial charge in [-0.3, -0.25) is 0 Å². The molecule has 5 heteroatoms. The van der Waals surface area contributed by atoms with Crippen LogP contribution in [0.4, 0.5) is 4.39 Å². The van der Waals surface area contributed by atoms with Crippen LogP contribution in [-0.2, 0) is 11.8 Å². The fourth-order valence-corrected chi connectivity index (χ4v) is 1.73. The van der Waals surface area contributed by atoms with Crippen LogP contribution in [0, 0.1) is 5.82 Å². The van der Waals surface area contributed by atoms with E-state index >= 15 is 0 Å². The molecule has 0 saturated heterocycles. The van der Waals surface area contributed by atoms with Gasteiger partial charge < -0.3 is 14.8 Å². The first-order chi connectivity index (χ1) is 7.52. The normalized spacial score (nSPS) is 12.9. The number of benzene rings is 1. The highest BCUT2D eigenvalue weighted by molar-refractivity contribution is 5.84. The van der Waals surface area contributed by atoms with Crippen LogP contribution in [0.3, 0.4) is 0 Å². The van der Waals surface area contributed by atoms with Gasteiger partial charge in [0.05, 0.1) is 11.2 Å². The lowest BCUT2D eigenvalue weighted by atomic mass is 10.2. The molecule has 0 bridgehead atoms. The molecule has 16 heavy (non-hydrogen) atoms. The Balaban J connectivity index is 2.69. The molecule has 0 spiro atoms. The van der Waals surface area contributed by atoms with Gasteiger partial charge in [-0.15, -0.1) is 0 Å². The molecule has 2 rings (SSSR count). The average Bonchev–Trinajstić information content (AvgIpc) is 2.57. The van der Waals surface area contributed by atoms with Crippen molar-refractivity contribution in [3.63, 3.8) is 0 Å². The Morgan fingerprint density at radius 1 is 1.50 bits per heavy atom. The predicted molar refractivity (Wildman–Crippen MR) is 55.5 cm³/mol. The fourth-order valence-electron chi connectivity index (χ4n) is 1.73. The Hall–Kier alpha value is -1.88. The number of hydrogen-bond donors (Lipinski definition) is 2. The van der Waals surface area contributed by atoms with Gasteiger partial charge in [0.2, 0.25) is 0 Å². The minimum absolute atomic E-state index is 0.160. The summed E-state index contributed by atoms with van der Waals surface area (Å²) in [5.41, 5.74) is 0.711. The number of halogens is 1. The Morgan fingerprint density at radius 3 is 2.75 bits per heavy atom. The zero-order chi connectivity index (χ0) is 11.9. The molecule has 1 atom stereocenters. The van der Waals surface area contributed by atoms with Gasteiger partial charge in [0, 0.05) is 12.4 Å². The number of carbonyl (C=O) groups is 1. The number of aryl methyl sites for hydroxylation is 1. The van der Waals surface area contributed by atoms with Gasteiger partial charge in [0.15, 0.2) is 6.10 Å². The summed E-state index contributed by atoms with van der Waals surface area (Å²) in [5, 5.41) is 18.4. The molecule has 0 aliphatic rings. The summed E-state index contributed by atoms with van der Waals surface area (Å²) in [7, 11) is 1.59. The van der Waals surface area contributed by atoms with Crippen LogP contribution in [-0.4, -0.2) is 20.7 Å². The van der Waals surface area contributed by atoms with Crippen molar-refractivity contribution in [1.29, 1.82) is 0 Å². The summed E-state index contributed by atoms with van der Waals surface area (Å²) < 4.78 is 14.9. The smallest absolute Gasteiger partial charge is 0.338 e. The largest absolute Gasteiger partial charge is 0.479 e. The fraction of sp³-hybridized carbons (Fsp3) is 0.182. The molecule has 1 aromatic heterocycles. The number of carboxylic acids is 1. The van der Waals surface area contributed by atoms with Gasteiger partial charge in [-0.25, -0.2) is 9.18 Å². The van der Waals surface area contributed by atoms with E-state index in [0.717, 1.165) is 0 Å². The number of nitrogens with zero attached hydrogens (tertiary/aromatic N) is 1. The lowest BCUT2D eigenvalue weighted by Gasteiger charge is -2.06. The number of aromatic nitrogens is 1. The van der Waals surface area contributed by atoms with Gasteiger partial charge in [-0.05, 0) is 18.2 Å². The molecule has 0 aliphatic heterocycles. The Bertz CT molecular complexity index is 562. The topological polar surface area (TPSA) is 62.5 Å². The van der Waals surface area contributed by atoms with Crippen molar-refractivity contribution in [2.75, 3.05) is 0 Å². The molecular formula is C11H10FNO3. The van der Waals surface area contributed by atoms with Crippen LogP contribution in [0.1, 0.15) is 11.8 Å². The number of aliphatic hydroxyl groups is 1. The van der Waals surface area contributed by atoms with Crippen LogP contribution >= 0.6 is 0 Å². The summed E-state index contributed by atoms with van der Waals surface area (Å²) >= 11 is 0. The lowest BCUT2D eigenvalue weighted by Crippen LogP contribution is -2.13. The first-order valence-electron chi connectivity index (χ1n) is 4.67. The summed E-state index contributed by atoms with van der Waals surface area (Å²) in [6.45, 7) is 0. The maximum Gasteiger partial charge on any atom is 0.338 e. The van der Waals surface area contributed by atoms with Crippen molar-refractivity contribution >= 4 is 16.9 Å². The first-order valence-corrected chi connectivity index (χ1v) is 4.67. The summed E-state index contributed by atoms with van der Waals surface area (Å²) in [4.78, 5) is 10.7. The molecular weight excluding hydrogens is 213 g/mol. The standard InChI is InChI=1S/C11H10FNO3/c1-13-8-4-2-3-7(12)6(8)5-9(13)10(14)11(15)16/h2-5,10,14H,1H3,(H,15,16). The molecule has 1 unspecified atom stereocenters. The number of aliphatic carboxylic acids is 1. The third-order valence-electron chi connectivity index (χ3n) is 2.58. The molecule has 2 aromatic rings. The third-order valence-corrected chi connectivity index (χ3v) is 2.58. The Kier molecular flexibility index (Phi) is 2.40. The van der Waals surface area contributed by atoms with E-state index in [2.05, 4.69) is 0 Å². The van der Waals surface area contributed by atoms with Crippen LogP contribution in [0.2, 0.25) is 0 Å². The van der Waals surface area contributed by atoms with E-state index in [1.807, 2.05) is 0 Å². The van der Waals surface area contributed by atoms with Crippen molar-refractivity contribution < 1.29 is 19.4 Å². The quantitative estimate of drug-likeness (QED) is 0.809. The molecule has 1 aromatic carbocycles. The summed E-state index contributed by atoms with van der Waals surface area (Å²) in [5.74, 6) is -1.79. The second kappa shape index (κ2) is 3.61. The van der Waals surface area contributed by atoms with Crippen LogP contribution in [0.5, 0.6) is 0 Å². The molecule has 0 radical (unpaired) electrons. The van der Waals surface area contributed by atoms with E-state index in [1.165, 1.54) is 22.8 Å². The number of hydrogen-bond acceptors (Lipinski definition) is 2. The number of fused-ring (bicyclic) bond motifs is 1. The maximum atomic E-state index is 13.4. The molecule has 0 fully saturated rings. The minimum atomic E-state index is -1.64. The van der Waals surface area contributed by atoms with E-state index in [4.69, 9.17) is 5.11 Å². The second-order valence-corrected chi connectivity index (χ2v) is 3.54. The number of carboxylic acid groups (broad SMARTS) is 1. The first kappa shape index (κ1) is 10.6. The van der Waals surface area contributed by atoms with Gasteiger partial charge in [0.25, 0.3) is 0 Å².